The number of rotatable bonds is 5. The summed E-state index contributed by atoms with van der Waals surface area (Å²) in [5.41, 5.74) is 3.40. The molecule has 0 saturated carbocycles. The number of hydrogen-bond donors (Lipinski definition) is 0. The van der Waals surface area contributed by atoms with Gasteiger partial charge in [-0.3, -0.25) is 9.48 Å². The molecule has 2 rings (SSSR count). The van der Waals surface area contributed by atoms with Crippen LogP contribution in [0.5, 0.6) is 5.75 Å². The first-order valence-corrected chi connectivity index (χ1v) is 8.14. The summed E-state index contributed by atoms with van der Waals surface area (Å²) in [5, 5.41) is 4.43. The molecule has 0 spiro atoms. The van der Waals surface area contributed by atoms with E-state index in [2.05, 4.69) is 43.9 Å². The van der Waals surface area contributed by atoms with E-state index in [0.29, 0.717) is 17.9 Å². The Kier molecular flexibility index (Phi) is 5.22. The summed E-state index contributed by atoms with van der Waals surface area (Å²) in [5.74, 6) is 0.611. The van der Waals surface area contributed by atoms with Gasteiger partial charge in [0.25, 0.3) is 0 Å². The number of ether oxygens (including phenoxy) is 1. The summed E-state index contributed by atoms with van der Waals surface area (Å²) in [6.07, 6.45) is 1.66. The number of carbonyl (C=O) groups is 1. The van der Waals surface area contributed by atoms with E-state index in [1.165, 1.54) is 0 Å². The van der Waals surface area contributed by atoms with E-state index in [4.69, 9.17) is 4.74 Å². The molecule has 0 aliphatic heterocycles. The minimum absolute atomic E-state index is 0.355. The van der Waals surface area contributed by atoms with Gasteiger partial charge in [-0.05, 0) is 47.0 Å². The first-order chi connectivity index (χ1) is 9.97. The topological polar surface area (TPSA) is 44.1 Å². The molecule has 1 aromatic heterocycles. The second-order valence-electron chi connectivity index (χ2n) is 4.73. The summed E-state index contributed by atoms with van der Waals surface area (Å²) >= 11 is 6.94. The monoisotopic (exact) mass is 414 g/mol. The molecule has 0 N–H and O–H groups in total. The smallest absolute Gasteiger partial charge is 0.153 e. The quantitative estimate of drug-likeness (QED) is 0.687. The second kappa shape index (κ2) is 6.75. The summed E-state index contributed by atoms with van der Waals surface area (Å²) in [4.78, 5) is 11.2. The molecule has 0 fully saturated rings. The first kappa shape index (κ1) is 16.2. The Morgan fingerprint density at radius 1 is 1.38 bits per heavy atom. The van der Waals surface area contributed by atoms with Crippen molar-refractivity contribution >= 4 is 38.1 Å². The van der Waals surface area contributed by atoms with Crippen LogP contribution >= 0.6 is 31.9 Å². The maximum Gasteiger partial charge on any atom is 0.153 e. The predicted molar refractivity (Wildman–Crippen MR) is 88.9 cm³/mol. The van der Waals surface area contributed by atoms with E-state index in [-0.39, 0.29) is 0 Å². The van der Waals surface area contributed by atoms with Crippen molar-refractivity contribution in [3.8, 4) is 5.75 Å². The Bertz CT molecular complexity index is 681. The molecule has 0 bridgehead atoms. The number of carbonyl (C=O) groups excluding carboxylic acids is 1. The molecule has 112 valence electrons. The maximum absolute atomic E-state index is 11.2. The van der Waals surface area contributed by atoms with Crippen LogP contribution in [0.2, 0.25) is 0 Å². The van der Waals surface area contributed by atoms with Gasteiger partial charge in [-0.25, -0.2) is 0 Å². The minimum Gasteiger partial charge on any atom is -0.486 e. The molecule has 2 aromatic rings. The number of aldehydes is 1. The van der Waals surface area contributed by atoms with Crippen LogP contribution in [0.1, 0.15) is 34.2 Å². The zero-order valence-electron chi connectivity index (χ0n) is 12.1. The average Bonchev–Trinajstić information content (AvgIpc) is 2.72. The maximum atomic E-state index is 11.2. The highest BCUT2D eigenvalue weighted by Gasteiger charge is 2.15. The number of halogens is 2. The lowest BCUT2D eigenvalue weighted by atomic mass is 10.1. The highest BCUT2D eigenvalue weighted by Crippen LogP contribution is 2.29. The molecule has 1 aromatic carbocycles. The Balaban J connectivity index is 2.29. The van der Waals surface area contributed by atoms with Crippen LogP contribution < -0.4 is 4.74 Å². The zero-order valence-corrected chi connectivity index (χ0v) is 15.3. The fraction of sp³-hybridized carbons (Fsp3) is 0.333. The van der Waals surface area contributed by atoms with E-state index >= 15 is 0 Å². The van der Waals surface area contributed by atoms with Crippen LogP contribution in [0.25, 0.3) is 0 Å². The third kappa shape index (κ3) is 3.37. The van der Waals surface area contributed by atoms with E-state index in [0.717, 1.165) is 38.6 Å². The fourth-order valence-corrected chi connectivity index (χ4v) is 3.48. The number of aromatic nitrogens is 2. The van der Waals surface area contributed by atoms with Gasteiger partial charge in [0.1, 0.15) is 12.4 Å². The Labute approximate surface area is 140 Å². The average molecular weight is 416 g/mol. The lowest BCUT2D eigenvalue weighted by molar-refractivity contribution is 0.111. The van der Waals surface area contributed by atoms with Gasteiger partial charge in [-0.1, -0.05) is 22.9 Å². The van der Waals surface area contributed by atoms with Gasteiger partial charge in [0.2, 0.25) is 0 Å². The molecule has 0 amide bonds. The highest BCUT2D eigenvalue weighted by molar-refractivity contribution is 9.10. The van der Waals surface area contributed by atoms with Crippen LogP contribution in [0.15, 0.2) is 21.1 Å². The van der Waals surface area contributed by atoms with Crippen molar-refractivity contribution in [1.82, 2.24) is 9.78 Å². The molecular formula is C15H16Br2N2O2. The molecular weight excluding hydrogens is 400 g/mol. The van der Waals surface area contributed by atoms with Crippen molar-refractivity contribution in [2.45, 2.75) is 26.9 Å². The highest BCUT2D eigenvalue weighted by atomic mass is 79.9. The lowest BCUT2D eigenvalue weighted by Crippen LogP contribution is -2.06. The normalized spacial score (nSPS) is 10.7. The summed E-state index contributed by atoms with van der Waals surface area (Å²) in [6, 6.07) is 3.68. The van der Waals surface area contributed by atoms with Gasteiger partial charge in [-0.2, -0.15) is 5.10 Å². The summed E-state index contributed by atoms with van der Waals surface area (Å²) in [6.45, 7) is 4.33. The molecule has 0 aliphatic rings. The van der Waals surface area contributed by atoms with Crippen LogP contribution in [0.4, 0.5) is 0 Å². The standard InChI is InChI=1S/C15H16Br2N2O2/c1-4-12-14(17)13(19(3)18-12)8-21-15-9(2)5-11(16)6-10(15)7-20/h5-7H,4,8H2,1-3H3. The van der Waals surface area contributed by atoms with Crippen LogP contribution in [-0.4, -0.2) is 16.1 Å². The molecule has 4 nitrogen and oxygen atoms in total. The summed E-state index contributed by atoms with van der Waals surface area (Å²) in [7, 11) is 1.89. The van der Waals surface area contributed by atoms with E-state index < -0.39 is 0 Å². The van der Waals surface area contributed by atoms with Gasteiger partial charge < -0.3 is 4.74 Å². The molecule has 0 unspecified atom stereocenters. The Morgan fingerprint density at radius 3 is 2.67 bits per heavy atom. The van der Waals surface area contributed by atoms with E-state index in [1.54, 1.807) is 10.7 Å². The zero-order chi connectivity index (χ0) is 15.6. The van der Waals surface area contributed by atoms with Crippen molar-refractivity contribution in [3.05, 3.63) is 43.6 Å². The molecule has 6 heteroatoms. The summed E-state index contributed by atoms with van der Waals surface area (Å²) < 4.78 is 9.51. The molecule has 0 atom stereocenters. The van der Waals surface area contributed by atoms with E-state index in [9.17, 15) is 4.79 Å². The lowest BCUT2D eigenvalue weighted by Gasteiger charge is -2.12. The number of nitrogens with zero attached hydrogens (tertiary/aromatic N) is 2. The SMILES string of the molecule is CCc1nn(C)c(COc2c(C)cc(Br)cc2C=O)c1Br. The Morgan fingerprint density at radius 2 is 2.10 bits per heavy atom. The fourth-order valence-electron chi connectivity index (χ4n) is 2.16. The number of benzene rings is 1. The molecule has 1 heterocycles. The van der Waals surface area contributed by atoms with Gasteiger partial charge in [0.05, 0.1) is 21.4 Å². The predicted octanol–water partition coefficient (Wildman–Crippen LogP) is 4.21. The molecule has 0 saturated heterocycles. The van der Waals surface area contributed by atoms with Gasteiger partial charge in [0, 0.05) is 11.5 Å². The van der Waals surface area contributed by atoms with Crippen LogP contribution in [0.3, 0.4) is 0 Å². The van der Waals surface area contributed by atoms with Crippen LogP contribution in [0, 0.1) is 6.92 Å². The van der Waals surface area contributed by atoms with E-state index in [1.807, 2.05) is 20.0 Å². The van der Waals surface area contributed by atoms with Gasteiger partial charge in [0.15, 0.2) is 6.29 Å². The second-order valence-corrected chi connectivity index (χ2v) is 6.44. The molecule has 0 aliphatic carbocycles. The largest absolute Gasteiger partial charge is 0.486 e. The van der Waals surface area contributed by atoms with Crippen LogP contribution in [-0.2, 0) is 20.1 Å². The van der Waals surface area contributed by atoms with Crippen molar-refractivity contribution < 1.29 is 9.53 Å². The Hall–Kier alpha value is -1.14. The minimum atomic E-state index is 0.355. The van der Waals surface area contributed by atoms with Gasteiger partial charge in [-0.15, -0.1) is 0 Å². The third-order valence-corrected chi connectivity index (χ3v) is 4.62. The van der Waals surface area contributed by atoms with Gasteiger partial charge >= 0.3 is 0 Å². The third-order valence-electron chi connectivity index (χ3n) is 3.25. The molecule has 21 heavy (non-hydrogen) atoms. The first-order valence-electron chi connectivity index (χ1n) is 6.56. The van der Waals surface area contributed by atoms with Crippen molar-refractivity contribution in [2.75, 3.05) is 0 Å². The molecule has 0 radical (unpaired) electrons. The number of hydrogen-bond acceptors (Lipinski definition) is 3. The van der Waals surface area contributed by atoms with Crippen molar-refractivity contribution in [1.29, 1.82) is 0 Å². The van der Waals surface area contributed by atoms with Crippen molar-refractivity contribution in [3.63, 3.8) is 0 Å². The number of aryl methyl sites for hydroxylation is 3. The van der Waals surface area contributed by atoms with Crippen molar-refractivity contribution in [2.24, 2.45) is 7.05 Å².